The lowest BCUT2D eigenvalue weighted by Gasteiger charge is -2.18. The Balaban J connectivity index is 4.35. The Morgan fingerprint density at radius 3 is 0.949 bits per heavy atom. The number of allylic oxidation sites excluding steroid dienone is 2. The average Bonchev–Trinajstić information content (AvgIpc) is 3.23. The minimum absolute atomic E-state index is 0.0756. The lowest BCUT2D eigenvalue weighted by molar-refractivity contribution is -0.166. The molecule has 0 N–H and O–H groups in total. The predicted octanol–water partition coefficient (Wildman–Crippen LogP) is 17.0. The molecule has 0 aliphatic rings. The number of hydrogen-bond donors (Lipinski definition) is 0. The summed E-state index contributed by atoms with van der Waals surface area (Å²) in [6.07, 6.45) is 53.4. The van der Waals surface area contributed by atoms with E-state index in [0.29, 0.717) is 19.3 Å². The van der Waals surface area contributed by atoms with Crippen LogP contribution >= 0.6 is 0 Å². The molecule has 0 fully saturated rings. The van der Waals surface area contributed by atoms with E-state index in [1.165, 1.54) is 199 Å². The van der Waals surface area contributed by atoms with E-state index >= 15 is 0 Å². The highest BCUT2D eigenvalue weighted by Gasteiger charge is 2.19. The van der Waals surface area contributed by atoms with Crippen molar-refractivity contribution in [1.29, 1.82) is 0 Å². The normalized spacial score (nSPS) is 12.0. The van der Waals surface area contributed by atoms with Crippen LogP contribution in [-0.4, -0.2) is 37.2 Å². The first-order valence-corrected chi connectivity index (χ1v) is 26.2. The summed E-state index contributed by atoms with van der Waals surface area (Å²) in [6, 6.07) is 0. The van der Waals surface area contributed by atoms with Crippen molar-refractivity contribution < 1.29 is 28.6 Å². The summed E-state index contributed by atoms with van der Waals surface area (Å²) in [5.74, 6) is -0.910. The van der Waals surface area contributed by atoms with Crippen molar-refractivity contribution in [3.63, 3.8) is 0 Å². The molecular weight excluding hydrogens is 733 g/mol. The summed E-state index contributed by atoms with van der Waals surface area (Å²) in [5.41, 5.74) is 0. The van der Waals surface area contributed by atoms with Gasteiger partial charge in [0.05, 0.1) is 0 Å². The van der Waals surface area contributed by atoms with Crippen molar-refractivity contribution in [2.24, 2.45) is 0 Å². The molecule has 0 heterocycles. The highest BCUT2D eigenvalue weighted by Crippen LogP contribution is 2.16. The molecule has 0 aromatic heterocycles. The first-order chi connectivity index (χ1) is 29.0. The van der Waals surface area contributed by atoms with Crippen LogP contribution in [0.2, 0.25) is 0 Å². The molecule has 0 saturated carbocycles. The Morgan fingerprint density at radius 2 is 0.593 bits per heavy atom. The Labute approximate surface area is 367 Å². The Bertz CT molecular complexity index is 916. The van der Waals surface area contributed by atoms with Gasteiger partial charge in [0.1, 0.15) is 13.2 Å². The maximum Gasteiger partial charge on any atom is 0.306 e. The van der Waals surface area contributed by atoms with Crippen molar-refractivity contribution in [3.8, 4) is 0 Å². The van der Waals surface area contributed by atoms with Crippen LogP contribution in [0.25, 0.3) is 0 Å². The zero-order chi connectivity index (χ0) is 43.0. The highest BCUT2D eigenvalue weighted by atomic mass is 16.6. The van der Waals surface area contributed by atoms with E-state index in [2.05, 4.69) is 32.9 Å². The van der Waals surface area contributed by atoms with E-state index in [1.54, 1.807) is 0 Å². The predicted molar refractivity (Wildman–Crippen MR) is 252 cm³/mol. The summed E-state index contributed by atoms with van der Waals surface area (Å²) in [7, 11) is 0. The molecule has 0 aromatic rings. The van der Waals surface area contributed by atoms with Crippen molar-refractivity contribution in [2.45, 2.75) is 297 Å². The third-order valence-corrected chi connectivity index (χ3v) is 11.8. The first-order valence-electron chi connectivity index (χ1n) is 26.2. The van der Waals surface area contributed by atoms with Gasteiger partial charge in [-0.3, -0.25) is 14.4 Å². The number of esters is 3. The fraction of sp³-hybridized carbons (Fsp3) is 0.906. The molecule has 6 heteroatoms. The van der Waals surface area contributed by atoms with Gasteiger partial charge in [0, 0.05) is 19.3 Å². The van der Waals surface area contributed by atoms with E-state index in [-0.39, 0.29) is 37.5 Å². The molecule has 0 aliphatic carbocycles. The fourth-order valence-electron chi connectivity index (χ4n) is 7.81. The molecule has 0 amide bonds. The van der Waals surface area contributed by atoms with Gasteiger partial charge in [0.2, 0.25) is 0 Å². The van der Waals surface area contributed by atoms with Gasteiger partial charge in [-0.1, -0.05) is 251 Å². The Kier molecular flexibility index (Phi) is 47.3. The maximum absolute atomic E-state index is 12.8. The summed E-state index contributed by atoms with van der Waals surface area (Å²) in [5, 5.41) is 0. The smallest absolute Gasteiger partial charge is 0.306 e. The van der Waals surface area contributed by atoms with E-state index in [4.69, 9.17) is 14.2 Å². The number of hydrogen-bond acceptors (Lipinski definition) is 6. The Hall–Kier alpha value is -1.85. The summed E-state index contributed by atoms with van der Waals surface area (Å²) in [6.45, 7) is 6.64. The third-order valence-electron chi connectivity index (χ3n) is 11.8. The molecule has 1 unspecified atom stereocenters. The van der Waals surface area contributed by atoms with E-state index < -0.39 is 6.10 Å². The summed E-state index contributed by atoms with van der Waals surface area (Å²) < 4.78 is 16.8. The molecule has 0 bridgehead atoms. The van der Waals surface area contributed by atoms with Crippen LogP contribution < -0.4 is 0 Å². The van der Waals surface area contributed by atoms with Gasteiger partial charge < -0.3 is 14.2 Å². The van der Waals surface area contributed by atoms with Gasteiger partial charge in [-0.25, -0.2) is 0 Å². The van der Waals surface area contributed by atoms with E-state index in [1.807, 2.05) is 0 Å². The molecule has 0 spiro atoms. The second kappa shape index (κ2) is 48.8. The Morgan fingerprint density at radius 1 is 0.322 bits per heavy atom. The van der Waals surface area contributed by atoms with Crippen LogP contribution in [0.15, 0.2) is 12.2 Å². The zero-order valence-corrected chi connectivity index (χ0v) is 39.8. The second-order valence-electron chi connectivity index (χ2n) is 17.8. The second-order valence-corrected chi connectivity index (χ2v) is 17.8. The molecule has 1 atom stereocenters. The van der Waals surface area contributed by atoms with Crippen molar-refractivity contribution >= 4 is 17.9 Å². The largest absolute Gasteiger partial charge is 0.462 e. The van der Waals surface area contributed by atoms with Gasteiger partial charge in [-0.15, -0.1) is 0 Å². The minimum Gasteiger partial charge on any atom is -0.462 e. The quantitative estimate of drug-likeness (QED) is 0.0263. The zero-order valence-electron chi connectivity index (χ0n) is 39.8. The lowest BCUT2D eigenvalue weighted by atomic mass is 10.0. The molecule has 0 rings (SSSR count). The number of carbonyl (C=O) groups is 3. The molecule has 59 heavy (non-hydrogen) atoms. The minimum atomic E-state index is -0.777. The molecule has 0 saturated heterocycles. The first kappa shape index (κ1) is 57.1. The molecule has 0 radical (unpaired) electrons. The van der Waals surface area contributed by atoms with Gasteiger partial charge in [0.25, 0.3) is 0 Å². The van der Waals surface area contributed by atoms with Crippen molar-refractivity contribution in [2.75, 3.05) is 13.2 Å². The number of carbonyl (C=O) groups excluding carboxylic acids is 3. The van der Waals surface area contributed by atoms with Crippen LogP contribution in [0.3, 0.4) is 0 Å². The number of rotatable bonds is 48. The number of ether oxygens (including phenoxy) is 3. The van der Waals surface area contributed by atoms with Crippen LogP contribution in [0.5, 0.6) is 0 Å². The standard InChI is InChI=1S/C53H100O6/c1-4-7-10-13-16-19-22-25-26-29-31-34-37-40-43-46-52(55)58-49-50(59-53(56)47-44-41-38-35-32-28-24-21-18-15-12-9-6-3)48-57-51(54)45-42-39-36-33-30-27-23-20-17-14-11-8-5-2/h37,40,50H,4-36,38-39,41-49H2,1-3H3. The molecule has 6 nitrogen and oxygen atoms in total. The van der Waals surface area contributed by atoms with Crippen LogP contribution in [0.1, 0.15) is 290 Å². The topological polar surface area (TPSA) is 78.9 Å². The van der Waals surface area contributed by atoms with Gasteiger partial charge in [0.15, 0.2) is 6.10 Å². The molecule has 0 aromatic carbocycles. The third kappa shape index (κ3) is 47.1. The van der Waals surface area contributed by atoms with Crippen molar-refractivity contribution in [1.82, 2.24) is 0 Å². The van der Waals surface area contributed by atoms with Crippen LogP contribution in [-0.2, 0) is 28.6 Å². The van der Waals surface area contributed by atoms with Crippen LogP contribution in [0.4, 0.5) is 0 Å². The van der Waals surface area contributed by atoms with Gasteiger partial charge in [-0.05, 0) is 32.1 Å². The SMILES string of the molecule is CCCCCCCCCCCCCC=CCCC(=O)OCC(COC(=O)CCCCCCCCCCCCCCC)OC(=O)CCCCCCCCCCCCCCC. The average molecular weight is 833 g/mol. The van der Waals surface area contributed by atoms with E-state index in [0.717, 1.165) is 44.9 Å². The van der Waals surface area contributed by atoms with Gasteiger partial charge in [-0.2, -0.15) is 0 Å². The summed E-state index contributed by atoms with van der Waals surface area (Å²) >= 11 is 0. The van der Waals surface area contributed by atoms with E-state index in [9.17, 15) is 14.4 Å². The van der Waals surface area contributed by atoms with Crippen molar-refractivity contribution in [3.05, 3.63) is 12.2 Å². The highest BCUT2D eigenvalue weighted by molar-refractivity contribution is 5.71. The fourth-order valence-corrected chi connectivity index (χ4v) is 7.81. The van der Waals surface area contributed by atoms with Gasteiger partial charge >= 0.3 is 17.9 Å². The molecule has 0 aliphatic heterocycles. The monoisotopic (exact) mass is 833 g/mol. The lowest BCUT2D eigenvalue weighted by Crippen LogP contribution is -2.30. The number of unbranched alkanes of at least 4 members (excludes halogenated alkanes) is 35. The summed E-state index contributed by atoms with van der Waals surface area (Å²) in [4.78, 5) is 37.9. The maximum atomic E-state index is 12.8. The molecular formula is C53H100O6. The van der Waals surface area contributed by atoms with Crippen LogP contribution in [0, 0.1) is 0 Å². The molecule has 348 valence electrons.